The zero-order valence-corrected chi connectivity index (χ0v) is 11.1. The Morgan fingerprint density at radius 3 is 2.47 bits per heavy atom. The summed E-state index contributed by atoms with van der Waals surface area (Å²) in [5.74, 6) is 0. The largest absolute Gasteiger partial charge is 0.303 e. The highest BCUT2D eigenvalue weighted by atomic mass is 32.1. The number of fused-ring (bicyclic) bond motifs is 3. The first kappa shape index (κ1) is 12.1. The van der Waals surface area contributed by atoms with E-state index in [-0.39, 0.29) is 0 Å². The van der Waals surface area contributed by atoms with Crippen molar-refractivity contribution in [3.8, 4) is 0 Å². The molecule has 1 heterocycles. The van der Waals surface area contributed by atoms with Crippen LogP contribution in [0.2, 0.25) is 0 Å². The third kappa shape index (κ3) is 2.17. The maximum absolute atomic E-state index is 10.6. The minimum Gasteiger partial charge on any atom is -0.303 e. The number of aldehydes is 2. The second-order valence-electron chi connectivity index (χ2n) is 4.49. The molecule has 0 amide bonds. The van der Waals surface area contributed by atoms with E-state index in [1.165, 1.54) is 15.5 Å². The van der Waals surface area contributed by atoms with Crippen molar-refractivity contribution in [2.45, 2.75) is 12.8 Å². The predicted molar refractivity (Wildman–Crippen MR) is 78.9 cm³/mol. The molecule has 0 N–H and O–H groups in total. The second kappa shape index (κ2) is 4.94. The normalized spacial score (nSPS) is 10.9. The monoisotopic (exact) mass is 268 g/mol. The molecule has 2 nitrogen and oxygen atoms in total. The number of carbonyl (C=O) groups excluding carboxylic acids is 2. The number of hydrogen-bond acceptors (Lipinski definition) is 3. The van der Waals surface area contributed by atoms with Gasteiger partial charge in [-0.2, -0.15) is 0 Å². The van der Waals surface area contributed by atoms with Crippen LogP contribution in [0.4, 0.5) is 0 Å². The fraction of sp³-hybridized carbons (Fsp3) is 0.125. The molecule has 0 aliphatic carbocycles. The van der Waals surface area contributed by atoms with Crippen molar-refractivity contribution in [2.75, 3.05) is 0 Å². The second-order valence-corrected chi connectivity index (χ2v) is 5.63. The standard InChI is InChI=1S/C16H12O2S/c17-7-5-11-1-4-15-12(9-11)2-3-13-10-14(6-8-18)19-16(13)15/h1-4,7-10H,5-6H2. The lowest BCUT2D eigenvalue weighted by Crippen LogP contribution is -1.85. The summed E-state index contributed by atoms with van der Waals surface area (Å²) in [4.78, 5) is 22.3. The zero-order chi connectivity index (χ0) is 13.2. The van der Waals surface area contributed by atoms with Gasteiger partial charge in [-0.15, -0.1) is 11.3 Å². The van der Waals surface area contributed by atoms with Crippen LogP contribution in [0, 0.1) is 0 Å². The van der Waals surface area contributed by atoms with Crippen molar-refractivity contribution in [1.29, 1.82) is 0 Å². The van der Waals surface area contributed by atoms with Crippen LogP contribution >= 0.6 is 11.3 Å². The van der Waals surface area contributed by atoms with Gasteiger partial charge in [0.25, 0.3) is 0 Å². The summed E-state index contributed by atoms with van der Waals surface area (Å²) in [7, 11) is 0. The molecule has 1 aromatic heterocycles. The minimum absolute atomic E-state index is 0.453. The highest BCUT2D eigenvalue weighted by molar-refractivity contribution is 7.20. The first-order valence-corrected chi connectivity index (χ1v) is 6.95. The molecule has 0 aliphatic rings. The molecule has 2 aromatic carbocycles. The van der Waals surface area contributed by atoms with E-state index in [4.69, 9.17) is 0 Å². The number of carbonyl (C=O) groups is 2. The Morgan fingerprint density at radius 1 is 0.895 bits per heavy atom. The Hall–Kier alpha value is -2.00. The van der Waals surface area contributed by atoms with Crippen LogP contribution in [0.25, 0.3) is 20.9 Å². The van der Waals surface area contributed by atoms with Gasteiger partial charge in [0.2, 0.25) is 0 Å². The SMILES string of the molecule is O=CCc1ccc2c(ccc3cc(CC=O)sc32)c1. The molecule has 0 bridgehead atoms. The van der Waals surface area contributed by atoms with Crippen molar-refractivity contribution >= 4 is 44.8 Å². The number of thiophene rings is 1. The van der Waals surface area contributed by atoms with E-state index in [0.717, 1.165) is 28.4 Å². The molecule has 0 unspecified atom stereocenters. The Kier molecular flexibility index (Phi) is 3.13. The van der Waals surface area contributed by atoms with E-state index in [1.54, 1.807) is 11.3 Å². The van der Waals surface area contributed by atoms with E-state index in [9.17, 15) is 9.59 Å². The molecule has 0 spiro atoms. The van der Waals surface area contributed by atoms with Gasteiger partial charge in [0.05, 0.1) is 0 Å². The molecule has 0 aliphatic heterocycles. The third-order valence-corrected chi connectivity index (χ3v) is 4.42. The van der Waals surface area contributed by atoms with E-state index in [2.05, 4.69) is 30.3 Å². The summed E-state index contributed by atoms with van der Waals surface area (Å²) in [6.07, 6.45) is 2.79. The molecule has 0 saturated carbocycles. The first-order valence-electron chi connectivity index (χ1n) is 6.13. The molecule has 0 saturated heterocycles. The van der Waals surface area contributed by atoms with Crippen molar-refractivity contribution in [3.05, 3.63) is 46.8 Å². The van der Waals surface area contributed by atoms with Gasteiger partial charge in [0.15, 0.2) is 0 Å². The number of benzene rings is 2. The molecule has 19 heavy (non-hydrogen) atoms. The van der Waals surface area contributed by atoms with Gasteiger partial charge in [0, 0.05) is 22.4 Å². The smallest absolute Gasteiger partial charge is 0.125 e. The van der Waals surface area contributed by atoms with Crippen molar-refractivity contribution in [3.63, 3.8) is 0 Å². The molecule has 0 fully saturated rings. The van der Waals surface area contributed by atoms with Crippen molar-refractivity contribution in [1.82, 2.24) is 0 Å². The Bertz CT molecular complexity index is 771. The van der Waals surface area contributed by atoms with Crippen LogP contribution in [0.15, 0.2) is 36.4 Å². The maximum atomic E-state index is 10.6. The molecule has 3 heteroatoms. The van der Waals surface area contributed by atoms with E-state index < -0.39 is 0 Å². The van der Waals surface area contributed by atoms with Gasteiger partial charge in [-0.25, -0.2) is 0 Å². The lowest BCUT2D eigenvalue weighted by molar-refractivity contribution is -0.108. The van der Waals surface area contributed by atoms with Gasteiger partial charge in [-0.3, -0.25) is 0 Å². The zero-order valence-electron chi connectivity index (χ0n) is 10.3. The predicted octanol–water partition coefficient (Wildman–Crippen LogP) is 3.54. The van der Waals surface area contributed by atoms with Crippen LogP contribution in [-0.2, 0) is 22.4 Å². The van der Waals surface area contributed by atoms with Crippen LogP contribution in [-0.4, -0.2) is 12.6 Å². The molecule has 94 valence electrons. The minimum atomic E-state index is 0.453. The molecule has 0 radical (unpaired) electrons. The maximum Gasteiger partial charge on any atom is 0.125 e. The first-order chi connectivity index (χ1) is 9.31. The molecule has 0 atom stereocenters. The quantitative estimate of drug-likeness (QED) is 0.678. The highest BCUT2D eigenvalue weighted by Gasteiger charge is 2.06. The fourth-order valence-electron chi connectivity index (χ4n) is 2.34. The van der Waals surface area contributed by atoms with Gasteiger partial charge >= 0.3 is 0 Å². The van der Waals surface area contributed by atoms with Gasteiger partial charge in [-0.1, -0.05) is 30.3 Å². The molecular formula is C16H12O2S. The van der Waals surface area contributed by atoms with Gasteiger partial charge < -0.3 is 9.59 Å². The van der Waals surface area contributed by atoms with Crippen molar-refractivity contribution in [2.24, 2.45) is 0 Å². The van der Waals surface area contributed by atoms with E-state index in [1.807, 2.05) is 6.07 Å². The van der Waals surface area contributed by atoms with Crippen LogP contribution in [0.3, 0.4) is 0 Å². The summed E-state index contributed by atoms with van der Waals surface area (Å²) in [5.41, 5.74) is 1.03. The Labute approximate surface area is 114 Å². The fourth-order valence-corrected chi connectivity index (χ4v) is 3.48. The molecule has 3 aromatic rings. The summed E-state index contributed by atoms with van der Waals surface area (Å²) >= 11 is 1.67. The molecule has 3 rings (SSSR count). The van der Waals surface area contributed by atoms with E-state index in [0.29, 0.717) is 12.8 Å². The average molecular weight is 268 g/mol. The van der Waals surface area contributed by atoms with Crippen molar-refractivity contribution < 1.29 is 9.59 Å². The number of rotatable bonds is 4. The molecular weight excluding hydrogens is 256 g/mol. The third-order valence-electron chi connectivity index (χ3n) is 3.22. The van der Waals surface area contributed by atoms with Crippen LogP contribution in [0.1, 0.15) is 10.4 Å². The van der Waals surface area contributed by atoms with Crippen LogP contribution in [0.5, 0.6) is 0 Å². The van der Waals surface area contributed by atoms with Gasteiger partial charge in [0.1, 0.15) is 12.6 Å². The summed E-state index contributed by atoms with van der Waals surface area (Å²) < 4.78 is 1.21. The van der Waals surface area contributed by atoms with E-state index >= 15 is 0 Å². The summed E-state index contributed by atoms with van der Waals surface area (Å²) in [5, 5.41) is 3.51. The highest BCUT2D eigenvalue weighted by Crippen LogP contribution is 2.33. The Balaban J connectivity index is 2.21. The number of hydrogen-bond donors (Lipinski definition) is 0. The summed E-state index contributed by atoms with van der Waals surface area (Å²) in [6.45, 7) is 0. The topological polar surface area (TPSA) is 34.1 Å². The summed E-state index contributed by atoms with van der Waals surface area (Å²) in [6, 6.07) is 12.3. The lowest BCUT2D eigenvalue weighted by atomic mass is 10.0. The lowest BCUT2D eigenvalue weighted by Gasteiger charge is -2.02. The van der Waals surface area contributed by atoms with Crippen LogP contribution < -0.4 is 0 Å². The van der Waals surface area contributed by atoms with Gasteiger partial charge in [-0.05, 0) is 27.8 Å². The Morgan fingerprint density at radius 2 is 1.68 bits per heavy atom. The average Bonchev–Trinajstić information content (AvgIpc) is 2.82.